The van der Waals surface area contributed by atoms with Crippen molar-refractivity contribution >= 4 is 0 Å². The predicted molar refractivity (Wildman–Crippen MR) is 60.5 cm³/mol. The van der Waals surface area contributed by atoms with Crippen molar-refractivity contribution in [3.8, 4) is 0 Å². The van der Waals surface area contributed by atoms with E-state index in [0.717, 1.165) is 38.6 Å². The molecule has 0 aliphatic carbocycles. The van der Waals surface area contributed by atoms with Gasteiger partial charge in [0.15, 0.2) is 0 Å². The van der Waals surface area contributed by atoms with Crippen LogP contribution in [0, 0.1) is 5.92 Å². The molecule has 0 aromatic heterocycles. The highest BCUT2D eigenvalue weighted by atomic mass is 16.5. The van der Waals surface area contributed by atoms with E-state index in [4.69, 9.17) is 4.74 Å². The molecule has 0 spiro atoms. The van der Waals surface area contributed by atoms with Crippen molar-refractivity contribution in [2.24, 2.45) is 5.92 Å². The van der Waals surface area contributed by atoms with Crippen LogP contribution in [0.4, 0.5) is 0 Å². The van der Waals surface area contributed by atoms with Gasteiger partial charge in [0.2, 0.25) is 0 Å². The molecule has 0 aromatic rings. The second kappa shape index (κ2) is 7.02. The third kappa shape index (κ3) is 4.25. The monoisotopic (exact) mass is 197 g/mol. The maximum atomic E-state index is 5.35. The summed E-state index contributed by atoms with van der Waals surface area (Å²) in [6, 6.07) is 0. The van der Waals surface area contributed by atoms with Crippen LogP contribution in [0.1, 0.15) is 33.1 Å². The Morgan fingerprint density at radius 2 is 2.14 bits per heavy atom. The molecule has 1 aliphatic heterocycles. The molecule has 1 heterocycles. The summed E-state index contributed by atoms with van der Waals surface area (Å²) in [6.45, 7) is 8.49. The van der Waals surface area contributed by atoms with Gasteiger partial charge < -0.3 is 10.1 Å². The summed E-state index contributed by atoms with van der Waals surface area (Å²) in [5.41, 5.74) is 1.56. The minimum absolute atomic E-state index is 0.783. The van der Waals surface area contributed by atoms with Crippen LogP contribution < -0.4 is 5.32 Å². The Hall–Kier alpha value is -0.340. The number of nitrogens with one attached hydrogen (secondary N) is 1. The van der Waals surface area contributed by atoms with E-state index >= 15 is 0 Å². The standard InChI is InChI=1S/C12H23NO/c1-3-13-8-4-5-11(2)12-6-9-14-10-7-12/h5,12-13H,3-4,6-10H2,1-2H3. The van der Waals surface area contributed by atoms with Gasteiger partial charge in [0.1, 0.15) is 0 Å². The molecule has 0 radical (unpaired) electrons. The smallest absolute Gasteiger partial charge is 0.0471 e. The van der Waals surface area contributed by atoms with Gasteiger partial charge in [-0.1, -0.05) is 18.6 Å². The van der Waals surface area contributed by atoms with Crippen molar-refractivity contribution in [2.45, 2.75) is 33.1 Å². The summed E-state index contributed by atoms with van der Waals surface area (Å²) >= 11 is 0. The molecule has 2 nitrogen and oxygen atoms in total. The Kier molecular flexibility index (Phi) is 5.88. The van der Waals surface area contributed by atoms with E-state index in [0.29, 0.717) is 0 Å². The number of hydrogen-bond acceptors (Lipinski definition) is 2. The summed E-state index contributed by atoms with van der Waals surface area (Å²) in [6.07, 6.45) is 5.97. The lowest BCUT2D eigenvalue weighted by Gasteiger charge is -2.22. The van der Waals surface area contributed by atoms with E-state index in [1.165, 1.54) is 12.8 Å². The van der Waals surface area contributed by atoms with Gasteiger partial charge in [-0.15, -0.1) is 0 Å². The molecule has 2 heteroatoms. The van der Waals surface area contributed by atoms with Gasteiger partial charge in [-0.2, -0.15) is 0 Å². The molecule has 1 rings (SSSR count). The minimum Gasteiger partial charge on any atom is -0.381 e. The molecule has 0 amide bonds. The van der Waals surface area contributed by atoms with E-state index in [2.05, 4.69) is 25.2 Å². The molecule has 82 valence electrons. The molecular weight excluding hydrogens is 174 g/mol. The third-order valence-electron chi connectivity index (χ3n) is 2.90. The lowest BCUT2D eigenvalue weighted by molar-refractivity contribution is 0.0757. The SMILES string of the molecule is CCNCCC=C(C)C1CCOCC1. The molecule has 1 fully saturated rings. The summed E-state index contributed by atoms with van der Waals surface area (Å²) in [5.74, 6) is 0.783. The molecule has 0 unspecified atom stereocenters. The second-order valence-corrected chi connectivity index (χ2v) is 3.98. The van der Waals surface area contributed by atoms with Crippen molar-refractivity contribution < 1.29 is 4.74 Å². The molecule has 0 aromatic carbocycles. The Labute approximate surface area is 87.7 Å². The van der Waals surface area contributed by atoms with Gasteiger partial charge >= 0.3 is 0 Å². The van der Waals surface area contributed by atoms with Crippen LogP contribution in [-0.2, 0) is 4.74 Å². The first-order valence-electron chi connectivity index (χ1n) is 5.79. The van der Waals surface area contributed by atoms with Gasteiger partial charge in [0.25, 0.3) is 0 Å². The van der Waals surface area contributed by atoms with Crippen LogP contribution in [0.3, 0.4) is 0 Å². The lowest BCUT2D eigenvalue weighted by Crippen LogP contribution is -2.17. The first-order chi connectivity index (χ1) is 6.84. The fraction of sp³-hybridized carbons (Fsp3) is 0.833. The number of rotatable bonds is 5. The van der Waals surface area contributed by atoms with Crippen LogP contribution in [-0.4, -0.2) is 26.3 Å². The van der Waals surface area contributed by atoms with Crippen LogP contribution in [0.2, 0.25) is 0 Å². The highest BCUT2D eigenvalue weighted by Gasteiger charge is 2.14. The normalized spacial score (nSPS) is 20.0. The maximum Gasteiger partial charge on any atom is 0.0471 e. The highest BCUT2D eigenvalue weighted by Crippen LogP contribution is 2.22. The summed E-state index contributed by atoms with van der Waals surface area (Å²) < 4.78 is 5.35. The van der Waals surface area contributed by atoms with Gasteiger partial charge in [0.05, 0.1) is 0 Å². The van der Waals surface area contributed by atoms with Gasteiger partial charge in [-0.3, -0.25) is 0 Å². The summed E-state index contributed by atoms with van der Waals surface area (Å²) in [4.78, 5) is 0. The first-order valence-corrected chi connectivity index (χ1v) is 5.79. The zero-order chi connectivity index (χ0) is 10.2. The molecule has 14 heavy (non-hydrogen) atoms. The molecular formula is C12H23NO. The van der Waals surface area contributed by atoms with E-state index in [1.54, 1.807) is 5.57 Å². The first kappa shape index (κ1) is 11.7. The topological polar surface area (TPSA) is 21.3 Å². The molecule has 0 atom stereocenters. The van der Waals surface area contributed by atoms with E-state index < -0.39 is 0 Å². The number of allylic oxidation sites excluding steroid dienone is 1. The minimum atomic E-state index is 0.783. The average Bonchev–Trinajstić information content (AvgIpc) is 2.25. The zero-order valence-corrected chi connectivity index (χ0v) is 9.51. The largest absolute Gasteiger partial charge is 0.381 e. The van der Waals surface area contributed by atoms with Crippen molar-refractivity contribution in [3.63, 3.8) is 0 Å². The van der Waals surface area contributed by atoms with Crippen molar-refractivity contribution in [1.29, 1.82) is 0 Å². The zero-order valence-electron chi connectivity index (χ0n) is 9.51. The van der Waals surface area contributed by atoms with Crippen LogP contribution in [0.5, 0.6) is 0 Å². The van der Waals surface area contributed by atoms with Gasteiger partial charge in [-0.05, 0) is 45.2 Å². The molecule has 1 N–H and O–H groups in total. The fourth-order valence-electron chi connectivity index (χ4n) is 1.90. The second-order valence-electron chi connectivity index (χ2n) is 3.98. The summed E-state index contributed by atoms with van der Waals surface area (Å²) in [7, 11) is 0. The Balaban J connectivity index is 2.20. The van der Waals surface area contributed by atoms with Crippen molar-refractivity contribution in [2.75, 3.05) is 26.3 Å². The number of hydrogen-bond donors (Lipinski definition) is 1. The molecule has 0 bridgehead atoms. The molecule has 1 aliphatic rings. The van der Waals surface area contributed by atoms with E-state index in [1.807, 2.05) is 0 Å². The Morgan fingerprint density at radius 3 is 2.79 bits per heavy atom. The van der Waals surface area contributed by atoms with Crippen molar-refractivity contribution in [1.82, 2.24) is 5.32 Å². The molecule has 1 saturated heterocycles. The third-order valence-corrected chi connectivity index (χ3v) is 2.90. The van der Waals surface area contributed by atoms with Gasteiger partial charge in [-0.25, -0.2) is 0 Å². The van der Waals surface area contributed by atoms with Crippen LogP contribution in [0.15, 0.2) is 11.6 Å². The highest BCUT2D eigenvalue weighted by molar-refractivity contribution is 5.04. The van der Waals surface area contributed by atoms with Crippen LogP contribution >= 0.6 is 0 Å². The fourth-order valence-corrected chi connectivity index (χ4v) is 1.90. The van der Waals surface area contributed by atoms with E-state index in [-0.39, 0.29) is 0 Å². The molecule has 0 saturated carbocycles. The van der Waals surface area contributed by atoms with E-state index in [9.17, 15) is 0 Å². The predicted octanol–water partition coefficient (Wildman–Crippen LogP) is 2.36. The lowest BCUT2D eigenvalue weighted by atomic mass is 9.92. The quantitative estimate of drug-likeness (QED) is 0.539. The van der Waals surface area contributed by atoms with Crippen molar-refractivity contribution in [3.05, 3.63) is 11.6 Å². The van der Waals surface area contributed by atoms with Gasteiger partial charge in [0, 0.05) is 13.2 Å². The average molecular weight is 197 g/mol. The maximum absolute atomic E-state index is 5.35. The Bertz CT molecular complexity index is 171. The summed E-state index contributed by atoms with van der Waals surface area (Å²) in [5, 5.41) is 3.34. The van der Waals surface area contributed by atoms with Crippen LogP contribution in [0.25, 0.3) is 0 Å². The Morgan fingerprint density at radius 1 is 1.43 bits per heavy atom. The number of ether oxygens (including phenoxy) is 1.